The third kappa shape index (κ3) is 5.32. The third-order valence-corrected chi connectivity index (χ3v) is 11.4. The Balaban J connectivity index is 1.15. The van der Waals surface area contributed by atoms with Gasteiger partial charge in [-0.05, 0) is 114 Å². The van der Waals surface area contributed by atoms with Crippen molar-refractivity contribution in [2.24, 2.45) is 0 Å². The van der Waals surface area contributed by atoms with E-state index in [2.05, 4.69) is 219 Å². The second kappa shape index (κ2) is 12.8. The molecular formula is C53H39N. The molecule has 0 saturated heterocycles. The second-order valence-electron chi connectivity index (χ2n) is 15.0. The molecule has 9 aromatic carbocycles. The highest BCUT2D eigenvalue weighted by atomic mass is 15.1. The zero-order valence-electron chi connectivity index (χ0n) is 30.5. The fourth-order valence-corrected chi connectivity index (χ4v) is 8.75. The second-order valence-corrected chi connectivity index (χ2v) is 15.0. The summed E-state index contributed by atoms with van der Waals surface area (Å²) in [5.41, 5.74) is 16.0. The fourth-order valence-electron chi connectivity index (χ4n) is 8.75. The molecule has 0 amide bonds. The molecule has 0 aliphatic heterocycles. The quantitative estimate of drug-likeness (QED) is 0.168. The van der Waals surface area contributed by atoms with Crippen molar-refractivity contribution in [3.63, 3.8) is 0 Å². The van der Waals surface area contributed by atoms with Crippen LogP contribution in [-0.2, 0) is 5.41 Å². The number of fused-ring (bicyclic) bond motifs is 5. The normalized spacial score (nSPS) is 12.8. The molecule has 256 valence electrons. The van der Waals surface area contributed by atoms with Gasteiger partial charge in [-0.2, -0.15) is 0 Å². The van der Waals surface area contributed by atoms with Crippen LogP contribution in [0.3, 0.4) is 0 Å². The Morgan fingerprint density at radius 3 is 1.59 bits per heavy atom. The van der Waals surface area contributed by atoms with Crippen molar-refractivity contribution >= 4 is 38.6 Å². The van der Waals surface area contributed by atoms with E-state index >= 15 is 0 Å². The predicted octanol–water partition coefficient (Wildman–Crippen LogP) is 14.8. The SMILES string of the molecule is CC1(C)c2ccccc2-c2cccc(-c3ccc(N(c4ccccc4)c4cc(-c5ccc6ccccc6c5)ccc4-c4ccc5ccccc5c4)cc3)c21. The average molecular weight is 690 g/mol. The van der Waals surface area contributed by atoms with Gasteiger partial charge in [0.15, 0.2) is 0 Å². The third-order valence-electron chi connectivity index (χ3n) is 11.4. The molecule has 54 heavy (non-hydrogen) atoms. The van der Waals surface area contributed by atoms with Crippen LogP contribution in [-0.4, -0.2) is 0 Å². The molecule has 1 aliphatic rings. The van der Waals surface area contributed by atoms with Gasteiger partial charge < -0.3 is 4.90 Å². The summed E-state index contributed by atoms with van der Waals surface area (Å²) in [6.45, 7) is 4.73. The van der Waals surface area contributed by atoms with Gasteiger partial charge in [0.25, 0.3) is 0 Å². The number of para-hydroxylation sites is 1. The van der Waals surface area contributed by atoms with Crippen molar-refractivity contribution < 1.29 is 0 Å². The minimum Gasteiger partial charge on any atom is -0.310 e. The molecule has 1 nitrogen and oxygen atoms in total. The number of hydrogen-bond acceptors (Lipinski definition) is 1. The molecule has 0 aromatic heterocycles. The number of anilines is 3. The summed E-state index contributed by atoms with van der Waals surface area (Å²) in [5, 5.41) is 4.96. The molecule has 0 spiro atoms. The van der Waals surface area contributed by atoms with Crippen molar-refractivity contribution in [3.8, 4) is 44.5 Å². The summed E-state index contributed by atoms with van der Waals surface area (Å²) in [6.07, 6.45) is 0. The zero-order valence-corrected chi connectivity index (χ0v) is 30.5. The first-order chi connectivity index (χ1) is 26.5. The molecular weight excluding hydrogens is 651 g/mol. The molecule has 9 aromatic rings. The summed E-state index contributed by atoms with van der Waals surface area (Å²) in [6, 6.07) is 73.5. The van der Waals surface area contributed by atoms with E-state index in [1.54, 1.807) is 0 Å². The highest BCUT2D eigenvalue weighted by Crippen LogP contribution is 2.52. The maximum absolute atomic E-state index is 2.42. The van der Waals surface area contributed by atoms with E-state index in [0.29, 0.717) is 0 Å². The van der Waals surface area contributed by atoms with Crippen molar-refractivity contribution in [2.75, 3.05) is 4.90 Å². The number of rotatable bonds is 6. The van der Waals surface area contributed by atoms with Gasteiger partial charge in [-0.15, -0.1) is 0 Å². The molecule has 0 radical (unpaired) electrons. The van der Waals surface area contributed by atoms with Gasteiger partial charge in [0.1, 0.15) is 0 Å². The lowest BCUT2D eigenvalue weighted by atomic mass is 9.79. The van der Waals surface area contributed by atoms with Gasteiger partial charge in [0.2, 0.25) is 0 Å². The van der Waals surface area contributed by atoms with Gasteiger partial charge in [0.05, 0.1) is 5.69 Å². The van der Waals surface area contributed by atoms with Crippen LogP contribution in [0.15, 0.2) is 200 Å². The maximum Gasteiger partial charge on any atom is 0.0546 e. The summed E-state index contributed by atoms with van der Waals surface area (Å²) in [7, 11) is 0. The van der Waals surface area contributed by atoms with E-state index in [9.17, 15) is 0 Å². The minimum atomic E-state index is -0.0881. The Morgan fingerprint density at radius 2 is 0.852 bits per heavy atom. The van der Waals surface area contributed by atoms with Crippen LogP contribution in [0.4, 0.5) is 17.1 Å². The Bertz CT molecular complexity index is 2850. The summed E-state index contributed by atoms with van der Waals surface area (Å²) < 4.78 is 0. The van der Waals surface area contributed by atoms with Crippen LogP contribution < -0.4 is 4.90 Å². The first kappa shape index (κ1) is 32.0. The van der Waals surface area contributed by atoms with Crippen LogP contribution in [0.1, 0.15) is 25.0 Å². The number of hydrogen-bond donors (Lipinski definition) is 0. The monoisotopic (exact) mass is 689 g/mol. The average Bonchev–Trinajstić information content (AvgIpc) is 3.47. The molecule has 0 fully saturated rings. The standard InChI is InChI=1S/C53H39N/c1-53(2)50-22-11-10-19-48(50)49-21-12-20-47(52(49)53)38-27-30-45(31-28-38)54(44-17-4-3-5-18-44)51-35-42(41-25-23-36-13-6-8-15-39(36)33-41)29-32-46(51)43-26-24-37-14-7-9-16-40(37)34-43/h3-35H,1-2H3. The zero-order chi connectivity index (χ0) is 36.2. The lowest BCUT2D eigenvalue weighted by molar-refractivity contribution is 0.662. The van der Waals surface area contributed by atoms with Crippen molar-refractivity contribution in [2.45, 2.75) is 19.3 Å². The van der Waals surface area contributed by atoms with Crippen LogP contribution >= 0.6 is 0 Å². The first-order valence-corrected chi connectivity index (χ1v) is 18.8. The maximum atomic E-state index is 2.42. The van der Waals surface area contributed by atoms with Crippen LogP contribution in [0.5, 0.6) is 0 Å². The summed E-state index contributed by atoms with van der Waals surface area (Å²) in [5.74, 6) is 0. The van der Waals surface area contributed by atoms with E-state index < -0.39 is 0 Å². The number of nitrogens with zero attached hydrogens (tertiary/aromatic N) is 1. The van der Waals surface area contributed by atoms with Crippen LogP contribution in [0.2, 0.25) is 0 Å². The molecule has 0 N–H and O–H groups in total. The van der Waals surface area contributed by atoms with Crippen LogP contribution in [0, 0.1) is 0 Å². The molecule has 0 saturated carbocycles. The van der Waals surface area contributed by atoms with E-state index in [-0.39, 0.29) is 5.41 Å². The van der Waals surface area contributed by atoms with E-state index in [1.807, 2.05) is 0 Å². The van der Waals surface area contributed by atoms with Crippen molar-refractivity contribution in [3.05, 3.63) is 211 Å². The van der Waals surface area contributed by atoms with Crippen molar-refractivity contribution in [1.29, 1.82) is 0 Å². The Kier molecular flexibility index (Phi) is 7.56. The Hall–Kier alpha value is -6.70. The minimum absolute atomic E-state index is 0.0881. The first-order valence-electron chi connectivity index (χ1n) is 18.8. The molecule has 0 atom stereocenters. The highest BCUT2D eigenvalue weighted by molar-refractivity contribution is 5.96. The molecule has 10 rings (SSSR count). The Morgan fingerprint density at radius 1 is 0.333 bits per heavy atom. The molecule has 1 aliphatic carbocycles. The lowest BCUT2D eigenvalue weighted by Crippen LogP contribution is -2.16. The van der Waals surface area contributed by atoms with E-state index in [4.69, 9.17) is 0 Å². The topological polar surface area (TPSA) is 3.24 Å². The molecule has 1 heteroatoms. The van der Waals surface area contributed by atoms with Gasteiger partial charge in [-0.1, -0.05) is 172 Å². The molecule has 0 bridgehead atoms. The Labute approximate surface area is 317 Å². The van der Waals surface area contributed by atoms with Gasteiger partial charge in [0, 0.05) is 22.4 Å². The molecule has 0 unspecified atom stereocenters. The van der Waals surface area contributed by atoms with Gasteiger partial charge in [-0.3, -0.25) is 0 Å². The lowest BCUT2D eigenvalue weighted by Gasteiger charge is -2.29. The smallest absolute Gasteiger partial charge is 0.0546 e. The predicted molar refractivity (Wildman–Crippen MR) is 230 cm³/mol. The van der Waals surface area contributed by atoms with Gasteiger partial charge in [-0.25, -0.2) is 0 Å². The largest absolute Gasteiger partial charge is 0.310 e. The van der Waals surface area contributed by atoms with E-state index in [1.165, 1.54) is 77.2 Å². The summed E-state index contributed by atoms with van der Waals surface area (Å²) in [4.78, 5) is 2.42. The fraction of sp³-hybridized carbons (Fsp3) is 0.0566. The molecule has 0 heterocycles. The number of benzene rings is 9. The summed E-state index contributed by atoms with van der Waals surface area (Å²) >= 11 is 0. The highest BCUT2D eigenvalue weighted by Gasteiger charge is 2.37. The van der Waals surface area contributed by atoms with Gasteiger partial charge >= 0.3 is 0 Å². The van der Waals surface area contributed by atoms with Crippen LogP contribution in [0.25, 0.3) is 66.1 Å². The van der Waals surface area contributed by atoms with E-state index in [0.717, 1.165) is 17.1 Å². The van der Waals surface area contributed by atoms with Crippen molar-refractivity contribution in [1.82, 2.24) is 0 Å².